The van der Waals surface area contributed by atoms with Crippen molar-refractivity contribution in [1.82, 2.24) is 10.3 Å². The highest BCUT2D eigenvalue weighted by atomic mass is 79.9. The van der Waals surface area contributed by atoms with Crippen molar-refractivity contribution in [3.63, 3.8) is 0 Å². The van der Waals surface area contributed by atoms with Crippen molar-refractivity contribution in [3.05, 3.63) is 63.6 Å². The van der Waals surface area contributed by atoms with Gasteiger partial charge in [-0.15, -0.1) is 11.3 Å². The first kappa shape index (κ1) is 20.4. The second-order valence-electron chi connectivity index (χ2n) is 6.23. The Morgan fingerprint density at radius 1 is 1.14 bits per heavy atom. The van der Waals surface area contributed by atoms with Crippen molar-refractivity contribution in [2.24, 2.45) is 0 Å². The lowest BCUT2D eigenvalue weighted by Gasteiger charge is -2.14. The van der Waals surface area contributed by atoms with Gasteiger partial charge in [-0.25, -0.2) is 4.98 Å². The van der Waals surface area contributed by atoms with Gasteiger partial charge in [-0.2, -0.15) is 0 Å². The number of thiazole rings is 1. The average Bonchev–Trinajstić information content (AvgIpc) is 3.16. The van der Waals surface area contributed by atoms with Crippen LogP contribution in [0, 0.1) is 0 Å². The Labute approximate surface area is 176 Å². The lowest BCUT2D eigenvalue weighted by atomic mass is 10.1. The second-order valence-corrected chi connectivity index (χ2v) is 8.01. The Balaban J connectivity index is 1.65. The van der Waals surface area contributed by atoms with Crippen LogP contribution >= 0.6 is 27.3 Å². The van der Waals surface area contributed by atoms with E-state index in [9.17, 15) is 4.79 Å². The van der Waals surface area contributed by atoms with E-state index in [-0.39, 0.29) is 18.4 Å². The van der Waals surface area contributed by atoms with Gasteiger partial charge in [0.2, 0.25) is 5.91 Å². The number of nitrogens with zero attached hydrogens (tertiary/aromatic N) is 1. The summed E-state index contributed by atoms with van der Waals surface area (Å²) in [5.41, 5.74) is 2.73. The fourth-order valence-corrected chi connectivity index (χ4v) is 3.86. The summed E-state index contributed by atoms with van der Waals surface area (Å²) in [7, 11) is 3.21. The zero-order valence-electron chi connectivity index (χ0n) is 15.9. The zero-order chi connectivity index (χ0) is 20.1. The van der Waals surface area contributed by atoms with Gasteiger partial charge in [-0.3, -0.25) is 4.79 Å². The predicted molar refractivity (Wildman–Crippen MR) is 115 cm³/mol. The second kappa shape index (κ2) is 9.21. The molecule has 0 bridgehead atoms. The van der Waals surface area contributed by atoms with Crippen LogP contribution < -0.4 is 14.8 Å². The van der Waals surface area contributed by atoms with Gasteiger partial charge in [0.1, 0.15) is 5.01 Å². The summed E-state index contributed by atoms with van der Waals surface area (Å²) in [6, 6.07) is 13.5. The van der Waals surface area contributed by atoms with Gasteiger partial charge >= 0.3 is 0 Å². The fraction of sp³-hybridized carbons (Fsp3) is 0.238. The van der Waals surface area contributed by atoms with Crippen LogP contribution in [0.4, 0.5) is 0 Å². The Morgan fingerprint density at radius 3 is 2.54 bits per heavy atom. The van der Waals surface area contributed by atoms with Crippen molar-refractivity contribution in [2.75, 3.05) is 14.2 Å². The number of carbonyl (C=O) groups excluding carboxylic acids is 1. The number of ether oxygens (including phenoxy) is 2. The normalized spacial score (nSPS) is 11.7. The molecule has 1 heterocycles. The van der Waals surface area contributed by atoms with Crippen LogP contribution in [-0.4, -0.2) is 25.1 Å². The van der Waals surface area contributed by atoms with Gasteiger partial charge < -0.3 is 14.8 Å². The van der Waals surface area contributed by atoms with Crippen molar-refractivity contribution >= 4 is 33.2 Å². The summed E-state index contributed by atoms with van der Waals surface area (Å²) in [5.74, 6) is 1.27. The molecule has 0 radical (unpaired) electrons. The van der Waals surface area contributed by atoms with E-state index in [1.165, 1.54) is 11.3 Å². The molecular weight excluding hydrogens is 440 g/mol. The minimum Gasteiger partial charge on any atom is -0.493 e. The number of halogens is 1. The minimum atomic E-state index is -0.0652. The first-order chi connectivity index (χ1) is 13.5. The standard InChI is InChI=1S/C21H21BrN2O3S/c1-13(14-4-7-16(22)8-5-14)23-20(25)11-17-12-28-21(24-17)15-6-9-18(26-2)19(10-15)27-3/h4-10,12-13H,11H2,1-3H3,(H,23,25). The SMILES string of the molecule is COc1ccc(-c2nc(CC(=O)NC(C)c3ccc(Br)cc3)cs2)cc1OC. The van der Waals surface area contributed by atoms with Crippen LogP contribution in [0.25, 0.3) is 10.6 Å². The molecule has 0 fully saturated rings. The van der Waals surface area contributed by atoms with Crippen LogP contribution in [0.1, 0.15) is 24.2 Å². The number of methoxy groups -OCH3 is 2. The molecule has 1 N–H and O–H groups in total. The number of benzene rings is 2. The number of carbonyl (C=O) groups is 1. The maximum atomic E-state index is 12.4. The molecule has 0 saturated heterocycles. The highest BCUT2D eigenvalue weighted by molar-refractivity contribution is 9.10. The van der Waals surface area contributed by atoms with Gasteiger partial charge in [-0.1, -0.05) is 28.1 Å². The van der Waals surface area contributed by atoms with E-state index in [0.717, 1.165) is 26.3 Å². The number of nitrogens with one attached hydrogen (secondary N) is 1. The number of hydrogen-bond donors (Lipinski definition) is 1. The minimum absolute atomic E-state index is 0.0559. The smallest absolute Gasteiger partial charge is 0.226 e. The predicted octanol–water partition coefficient (Wildman–Crippen LogP) is 5.01. The van der Waals surface area contributed by atoms with Crippen molar-refractivity contribution in [2.45, 2.75) is 19.4 Å². The molecule has 0 aliphatic heterocycles. The number of amides is 1. The summed E-state index contributed by atoms with van der Waals surface area (Å²) in [4.78, 5) is 17.0. The van der Waals surface area contributed by atoms with Crippen molar-refractivity contribution in [1.29, 1.82) is 0 Å². The van der Waals surface area contributed by atoms with E-state index in [1.54, 1.807) is 14.2 Å². The molecule has 1 unspecified atom stereocenters. The van der Waals surface area contributed by atoms with Gasteiger partial charge in [0, 0.05) is 15.4 Å². The molecule has 0 aliphatic carbocycles. The summed E-state index contributed by atoms with van der Waals surface area (Å²) in [6.07, 6.45) is 0.241. The van der Waals surface area contributed by atoms with Gasteiger partial charge in [0.05, 0.1) is 32.4 Å². The molecule has 1 amide bonds. The molecule has 146 valence electrons. The lowest BCUT2D eigenvalue weighted by Crippen LogP contribution is -2.28. The third kappa shape index (κ3) is 4.91. The third-order valence-corrected chi connectivity index (χ3v) is 5.74. The fourth-order valence-electron chi connectivity index (χ4n) is 2.78. The molecule has 3 rings (SSSR count). The van der Waals surface area contributed by atoms with E-state index in [1.807, 2.05) is 54.8 Å². The molecular formula is C21H21BrN2O3S. The van der Waals surface area contributed by atoms with Crippen LogP contribution in [-0.2, 0) is 11.2 Å². The van der Waals surface area contributed by atoms with Crippen molar-refractivity contribution in [3.8, 4) is 22.1 Å². The van der Waals surface area contributed by atoms with E-state index in [2.05, 4.69) is 26.2 Å². The highest BCUT2D eigenvalue weighted by Crippen LogP contribution is 2.33. The molecule has 7 heteroatoms. The summed E-state index contributed by atoms with van der Waals surface area (Å²) in [6.45, 7) is 1.97. The van der Waals surface area contributed by atoms with Crippen LogP contribution in [0.5, 0.6) is 11.5 Å². The quantitative estimate of drug-likeness (QED) is 0.538. The van der Waals surface area contributed by atoms with Gasteiger partial charge in [0.15, 0.2) is 11.5 Å². The van der Waals surface area contributed by atoms with Crippen LogP contribution in [0.15, 0.2) is 52.3 Å². The number of hydrogen-bond acceptors (Lipinski definition) is 5. The number of aromatic nitrogens is 1. The summed E-state index contributed by atoms with van der Waals surface area (Å²) in [5, 5.41) is 5.77. The van der Waals surface area contributed by atoms with E-state index >= 15 is 0 Å². The molecule has 28 heavy (non-hydrogen) atoms. The lowest BCUT2D eigenvalue weighted by molar-refractivity contribution is -0.121. The molecule has 3 aromatic rings. The summed E-state index contributed by atoms with van der Waals surface area (Å²) >= 11 is 4.92. The van der Waals surface area contributed by atoms with Crippen LogP contribution in [0.2, 0.25) is 0 Å². The van der Waals surface area contributed by atoms with Gasteiger partial charge in [-0.05, 0) is 42.8 Å². The van der Waals surface area contributed by atoms with Crippen LogP contribution in [0.3, 0.4) is 0 Å². The average molecular weight is 461 g/mol. The molecule has 0 spiro atoms. The topological polar surface area (TPSA) is 60.5 Å². The monoisotopic (exact) mass is 460 g/mol. The number of rotatable bonds is 7. The first-order valence-electron chi connectivity index (χ1n) is 8.71. The van der Waals surface area contributed by atoms with E-state index < -0.39 is 0 Å². The largest absolute Gasteiger partial charge is 0.493 e. The zero-order valence-corrected chi connectivity index (χ0v) is 18.3. The maximum absolute atomic E-state index is 12.4. The Bertz CT molecular complexity index is 957. The van der Waals surface area contributed by atoms with E-state index in [0.29, 0.717) is 11.5 Å². The Morgan fingerprint density at radius 2 is 1.86 bits per heavy atom. The summed E-state index contributed by atoms with van der Waals surface area (Å²) < 4.78 is 11.6. The molecule has 2 aromatic carbocycles. The first-order valence-corrected chi connectivity index (χ1v) is 10.4. The Kier molecular flexibility index (Phi) is 6.70. The molecule has 0 saturated carbocycles. The maximum Gasteiger partial charge on any atom is 0.226 e. The van der Waals surface area contributed by atoms with Crippen molar-refractivity contribution < 1.29 is 14.3 Å². The highest BCUT2D eigenvalue weighted by Gasteiger charge is 2.14. The molecule has 1 atom stereocenters. The van der Waals surface area contributed by atoms with Gasteiger partial charge in [0.25, 0.3) is 0 Å². The van der Waals surface area contributed by atoms with E-state index in [4.69, 9.17) is 9.47 Å². The third-order valence-electron chi connectivity index (χ3n) is 4.27. The Hall–Kier alpha value is -2.38. The molecule has 1 aromatic heterocycles. The molecule has 5 nitrogen and oxygen atoms in total. The molecule has 0 aliphatic rings.